The molecule has 0 radical (unpaired) electrons. The molecule has 0 aliphatic carbocycles. The van der Waals surface area contributed by atoms with Crippen molar-refractivity contribution < 1.29 is 9.53 Å². The molecule has 9 nitrogen and oxygen atoms in total. The van der Waals surface area contributed by atoms with Gasteiger partial charge in [-0.15, -0.1) is 0 Å². The van der Waals surface area contributed by atoms with Gasteiger partial charge < -0.3 is 24.4 Å². The second-order valence-electron chi connectivity index (χ2n) is 9.05. The fourth-order valence-corrected chi connectivity index (χ4v) is 4.53. The SMILES string of the molecule is CNC(=O)COc1cc2cc(Cc3nc(N4CCC(N(C)C)CC4)ncc3Cl)ccc2n(C)c1=O. The van der Waals surface area contributed by atoms with Crippen molar-refractivity contribution in [2.24, 2.45) is 7.05 Å². The third-order valence-corrected chi connectivity index (χ3v) is 6.86. The Bertz CT molecular complexity index is 1280. The molecule has 1 aliphatic rings. The summed E-state index contributed by atoms with van der Waals surface area (Å²) in [5, 5.41) is 3.83. The van der Waals surface area contributed by atoms with Crippen LogP contribution in [0.5, 0.6) is 5.75 Å². The van der Waals surface area contributed by atoms with Gasteiger partial charge in [0.2, 0.25) is 5.95 Å². The summed E-state index contributed by atoms with van der Waals surface area (Å²) in [6.07, 6.45) is 4.34. The minimum Gasteiger partial charge on any atom is -0.478 e. The first kappa shape index (κ1) is 24.9. The van der Waals surface area contributed by atoms with Gasteiger partial charge in [-0.3, -0.25) is 9.59 Å². The first-order chi connectivity index (χ1) is 16.8. The molecule has 4 rings (SSSR count). The topological polar surface area (TPSA) is 92.6 Å². The summed E-state index contributed by atoms with van der Waals surface area (Å²) in [5.74, 6) is 0.528. The Kier molecular flexibility index (Phi) is 7.57. The molecule has 0 bridgehead atoms. The average Bonchev–Trinajstić information content (AvgIpc) is 2.86. The van der Waals surface area contributed by atoms with E-state index in [-0.39, 0.29) is 23.8 Å². The number of anilines is 1. The smallest absolute Gasteiger partial charge is 0.293 e. The third-order valence-electron chi connectivity index (χ3n) is 6.55. The average molecular weight is 499 g/mol. The Morgan fingerprint density at radius 1 is 1.26 bits per heavy atom. The fraction of sp³-hybridized carbons (Fsp3) is 0.440. The number of benzene rings is 1. The predicted molar refractivity (Wildman–Crippen MR) is 138 cm³/mol. The van der Waals surface area contributed by atoms with Crippen LogP contribution >= 0.6 is 11.6 Å². The zero-order chi connectivity index (χ0) is 25.1. The van der Waals surface area contributed by atoms with Crippen molar-refractivity contribution in [3.63, 3.8) is 0 Å². The van der Waals surface area contributed by atoms with Gasteiger partial charge in [0.1, 0.15) is 0 Å². The maximum Gasteiger partial charge on any atom is 0.293 e. The Balaban J connectivity index is 1.57. The van der Waals surface area contributed by atoms with Gasteiger partial charge >= 0.3 is 0 Å². The summed E-state index contributed by atoms with van der Waals surface area (Å²) in [7, 11) is 7.45. The lowest BCUT2D eigenvalue weighted by atomic mass is 10.0. The van der Waals surface area contributed by atoms with Gasteiger partial charge in [0, 0.05) is 45.0 Å². The van der Waals surface area contributed by atoms with Gasteiger partial charge in [0.25, 0.3) is 11.5 Å². The number of nitrogens with zero attached hydrogens (tertiary/aromatic N) is 5. The van der Waals surface area contributed by atoms with E-state index in [4.69, 9.17) is 21.3 Å². The lowest BCUT2D eigenvalue weighted by Crippen LogP contribution is -2.42. The number of carbonyl (C=O) groups is 1. The van der Waals surface area contributed by atoms with Crippen LogP contribution in [0.3, 0.4) is 0 Å². The number of pyridine rings is 1. The molecule has 1 aliphatic heterocycles. The van der Waals surface area contributed by atoms with Gasteiger partial charge in [-0.1, -0.05) is 17.7 Å². The molecule has 3 aromatic rings. The molecule has 1 N–H and O–H groups in total. The highest BCUT2D eigenvalue weighted by Gasteiger charge is 2.23. The molecule has 186 valence electrons. The number of hydrogen-bond acceptors (Lipinski definition) is 7. The normalized spacial score (nSPS) is 14.5. The van der Waals surface area contributed by atoms with Crippen LogP contribution in [0.1, 0.15) is 24.1 Å². The second-order valence-corrected chi connectivity index (χ2v) is 9.46. The summed E-state index contributed by atoms with van der Waals surface area (Å²) in [6, 6.07) is 8.11. The zero-order valence-electron chi connectivity index (χ0n) is 20.5. The number of aromatic nitrogens is 3. The summed E-state index contributed by atoms with van der Waals surface area (Å²) < 4.78 is 6.98. The van der Waals surface area contributed by atoms with Gasteiger partial charge in [-0.2, -0.15) is 0 Å². The van der Waals surface area contributed by atoms with Crippen LogP contribution in [-0.2, 0) is 18.3 Å². The van der Waals surface area contributed by atoms with E-state index in [2.05, 4.69) is 34.2 Å². The van der Waals surface area contributed by atoms with E-state index in [0.29, 0.717) is 23.4 Å². The van der Waals surface area contributed by atoms with Crippen LogP contribution in [0.4, 0.5) is 5.95 Å². The number of ether oxygens (including phenoxy) is 1. The number of hydrogen-bond donors (Lipinski definition) is 1. The minimum absolute atomic E-state index is 0.129. The van der Waals surface area contributed by atoms with Crippen LogP contribution in [-0.4, -0.2) is 72.2 Å². The van der Waals surface area contributed by atoms with Crippen LogP contribution in [0.2, 0.25) is 5.02 Å². The number of amides is 1. The van der Waals surface area contributed by atoms with E-state index in [1.807, 2.05) is 18.2 Å². The van der Waals surface area contributed by atoms with Gasteiger partial charge in [-0.25, -0.2) is 9.97 Å². The van der Waals surface area contributed by atoms with E-state index in [1.54, 1.807) is 19.3 Å². The maximum absolute atomic E-state index is 12.6. The van der Waals surface area contributed by atoms with Gasteiger partial charge in [0.05, 0.1) is 22.4 Å². The van der Waals surface area contributed by atoms with Crippen molar-refractivity contribution in [1.82, 2.24) is 24.8 Å². The number of piperidine rings is 1. The summed E-state index contributed by atoms with van der Waals surface area (Å²) >= 11 is 6.47. The number of aryl methyl sites for hydroxylation is 1. The van der Waals surface area contributed by atoms with Crippen LogP contribution in [0.25, 0.3) is 10.9 Å². The Hall–Kier alpha value is -3.17. The molecule has 35 heavy (non-hydrogen) atoms. The first-order valence-corrected chi connectivity index (χ1v) is 12.0. The summed E-state index contributed by atoms with van der Waals surface area (Å²) in [4.78, 5) is 37.9. The van der Waals surface area contributed by atoms with Crippen molar-refractivity contribution in [2.75, 3.05) is 45.7 Å². The molecule has 1 fully saturated rings. The molecule has 0 spiro atoms. The van der Waals surface area contributed by atoms with E-state index < -0.39 is 0 Å². The lowest BCUT2D eigenvalue weighted by Gasteiger charge is -2.35. The molecule has 2 aromatic heterocycles. The number of halogens is 1. The fourth-order valence-electron chi connectivity index (χ4n) is 4.38. The van der Waals surface area contributed by atoms with Crippen LogP contribution in [0.15, 0.2) is 35.3 Å². The number of rotatable bonds is 7. The standard InChI is InChI=1S/C25H31ClN6O3/c1-27-23(33)15-35-22-13-17-11-16(5-6-21(17)31(4)24(22)34)12-20-19(26)14-28-25(29-20)32-9-7-18(8-10-32)30(2)3/h5-6,11,13-14,18H,7-10,12,15H2,1-4H3,(H,27,33). The van der Waals surface area contributed by atoms with Crippen molar-refractivity contribution in [3.05, 3.63) is 57.1 Å². The number of fused-ring (bicyclic) bond motifs is 1. The largest absolute Gasteiger partial charge is 0.478 e. The summed E-state index contributed by atoms with van der Waals surface area (Å²) in [6.45, 7) is 1.60. The second kappa shape index (κ2) is 10.6. The lowest BCUT2D eigenvalue weighted by molar-refractivity contribution is -0.122. The number of likely N-dealkylation sites (N-methyl/N-ethyl adjacent to an activating group) is 1. The zero-order valence-corrected chi connectivity index (χ0v) is 21.3. The van der Waals surface area contributed by atoms with E-state index >= 15 is 0 Å². The van der Waals surface area contributed by atoms with E-state index in [1.165, 1.54) is 11.6 Å². The molecule has 1 amide bonds. The van der Waals surface area contributed by atoms with Crippen LogP contribution in [0, 0.1) is 0 Å². The first-order valence-electron chi connectivity index (χ1n) is 11.7. The van der Waals surface area contributed by atoms with Gasteiger partial charge in [0.15, 0.2) is 12.4 Å². The highest BCUT2D eigenvalue weighted by molar-refractivity contribution is 6.31. The molecular formula is C25H31ClN6O3. The minimum atomic E-state index is -0.305. The van der Waals surface area contributed by atoms with Crippen molar-refractivity contribution in [3.8, 4) is 5.75 Å². The molecule has 0 saturated carbocycles. The molecular weight excluding hydrogens is 468 g/mol. The third kappa shape index (κ3) is 5.57. The number of nitrogens with one attached hydrogen (secondary N) is 1. The van der Waals surface area contributed by atoms with Crippen molar-refractivity contribution in [1.29, 1.82) is 0 Å². The monoisotopic (exact) mass is 498 g/mol. The van der Waals surface area contributed by atoms with E-state index in [0.717, 1.165) is 48.1 Å². The predicted octanol–water partition coefficient (Wildman–Crippen LogP) is 2.23. The quantitative estimate of drug-likeness (QED) is 0.534. The van der Waals surface area contributed by atoms with Crippen molar-refractivity contribution in [2.45, 2.75) is 25.3 Å². The molecule has 0 unspecified atom stereocenters. The highest BCUT2D eigenvalue weighted by atomic mass is 35.5. The van der Waals surface area contributed by atoms with Gasteiger partial charge in [-0.05, 0) is 50.7 Å². The molecule has 0 atom stereocenters. The Morgan fingerprint density at radius 2 is 2.00 bits per heavy atom. The molecule has 3 heterocycles. The number of carbonyl (C=O) groups excluding carboxylic acids is 1. The van der Waals surface area contributed by atoms with Crippen LogP contribution < -0.4 is 20.5 Å². The Labute approximate surface area is 209 Å². The molecule has 1 saturated heterocycles. The molecule has 10 heteroatoms. The summed E-state index contributed by atoms with van der Waals surface area (Å²) in [5.41, 5.74) is 2.22. The molecule has 1 aromatic carbocycles. The maximum atomic E-state index is 12.6. The van der Waals surface area contributed by atoms with Crippen molar-refractivity contribution >= 4 is 34.4 Å². The highest BCUT2D eigenvalue weighted by Crippen LogP contribution is 2.25. The van der Waals surface area contributed by atoms with E-state index in [9.17, 15) is 9.59 Å². The Morgan fingerprint density at radius 3 is 2.69 bits per heavy atom.